The summed E-state index contributed by atoms with van der Waals surface area (Å²) >= 11 is 0. The minimum atomic E-state index is -4.19. The maximum absolute atomic E-state index is 15.5. The van der Waals surface area contributed by atoms with Gasteiger partial charge in [0, 0.05) is 23.9 Å². The van der Waals surface area contributed by atoms with Gasteiger partial charge in [0.1, 0.15) is 23.8 Å². The number of phenols is 1. The van der Waals surface area contributed by atoms with Crippen molar-refractivity contribution in [3.05, 3.63) is 65.4 Å². The number of sulfone groups is 1. The summed E-state index contributed by atoms with van der Waals surface area (Å²) in [6.45, 7) is 0.379. The van der Waals surface area contributed by atoms with Crippen LogP contribution in [-0.4, -0.2) is 71.9 Å². The largest absolute Gasteiger partial charge is 0.504 e. The maximum atomic E-state index is 15.5. The zero-order valence-corrected chi connectivity index (χ0v) is 22.1. The van der Waals surface area contributed by atoms with Crippen molar-refractivity contribution in [1.82, 2.24) is 9.88 Å². The van der Waals surface area contributed by atoms with Gasteiger partial charge in [-0.3, -0.25) is 20.1 Å². The van der Waals surface area contributed by atoms with Crippen LogP contribution in [0.1, 0.15) is 17.3 Å². The number of rotatable bonds is 10. The van der Waals surface area contributed by atoms with E-state index >= 15 is 4.39 Å². The number of carboxylic acids is 1. The first-order chi connectivity index (χ1) is 19.3. The minimum absolute atomic E-state index is 0.108. The number of phenolic OH excluding ortho intramolecular Hbond substituents is 1. The molecule has 1 aliphatic heterocycles. The van der Waals surface area contributed by atoms with E-state index in [1.165, 1.54) is 12.1 Å². The lowest BCUT2D eigenvalue weighted by molar-refractivity contribution is -0.137. The molecule has 0 bridgehead atoms. The number of amidine groups is 1. The highest BCUT2D eigenvalue weighted by Crippen LogP contribution is 2.40. The van der Waals surface area contributed by atoms with Gasteiger partial charge in [-0.05, 0) is 43.4 Å². The van der Waals surface area contributed by atoms with Crippen molar-refractivity contribution in [2.24, 2.45) is 16.5 Å². The summed E-state index contributed by atoms with van der Waals surface area (Å²) in [5.41, 5.74) is 11.1. The Morgan fingerprint density at radius 2 is 1.95 bits per heavy atom. The van der Waals surface area contributed by atoms with Gasteiger partial charge < -0.3 is 31.2 Å². The molecule has 3 aromatic rings. The van der Waals surface area contributed by atoms with Gasteiger partial charge in [0.05, 0.1) is 16.8 Å². The minimum Gasteiger partial charge on any atom is -0.504 e. The van der Waals surface area contributed by atoms with Gasteiger partial charge in [0.15, 0.2) is 27.2 Å². The lowest BCUT2D eigenvalue weighted by Crippen LogP contribution is -2.37. The molecule has 16 heteroatoms. The van der Waals surface area contributed by atoms with Gasteiger partial charge in [-0.1, -0.05) is 0 Å². The number of nitrogens with two attached hydrogens (primary N) is 2. The number of halogens is 2. The Bertz CT molecular complexity index is 1670. The molecular weight excluding hydrogens is 566 g/mol. The summed E-state index contributed by atoms with van der Waals surface area (Å²) in [7, 11) is -2.52. The highest BCUT2D eigenvalue weighted by Gasteiger charge is 2.30. The molecule has 1 aromatic heterocycles. The van der Waals surface area contributed by atoms with Gasteiger partial charge in [-0.15, -0.1) is 0 Å². The molecule has 1 aliphatic rings. The fourth-order valence-electron chi connectivity index (χ4n) is 3.80. The van der Waals surface area contributed by atoms with Crippen molar-refractivity contribution >= 4 is 27.9 Å². The number of hydrogen-bond acceptors (Lipinski definition) is 11. The van der Waals surface area contributed by atoms with Crippen molar-refractivity contribution < 1.29 is 41.7 Å². The standard InChI is InChI=1S/C25H24F2N6O7S/c1-33-7-6-31-23(33)14-9-13(41(37,38)11-16(28)25(35)36)3-5-18(14)39-21-15(26)10-32-24(20(21)27)40-19-8-12(22(29)30)2-4-17(19)34/h2-6,8-10,16,23,34H,7,11,28H2,1H3,(H3,29,30)(H,35,36). The Morgan fingerprint density at radius 1 is 1.22 bits per heavy atom. The number of ether oxygens (including phenoxy) is 2. The Morgan fingerprint density at radius 3 is 2.59 bits per heavy atom. The van der Waals surface area contributed by atoms with Crippen molar-refractivity contribution in [3.8, 4) is 28.9 Å². The number of aliphatic carboxylic acids is 1. The number of nitrogen functional groups attached to an aromatic ring is 1. The van der Waals surface area contributed by atoms with Crippen molar-refractivity contribution in [3.63, 3.8) is 0 Å². The van der Waals surface area contributed by atoms with E-state index < -0.39 is 62.8 Å². The number of carbonyl (C=O) groups is 1. The number of nitrogens with one attached hydrogen (secondary N) is 1. The van der Waals surface area contributed by atoms with E-state index in [0.29, 0.717) is 12.7 Å². The molecule has 41 heavy (non-hydrogen) atoms. The van der Waals surface area contributed by atoms with Crippen LogP contribution in [0.3, 0.4) is 0 Å². The molecule has 0 radical (unpaired) electrons. The van der Waals surface area contributed by atoms with Crippen LogP contribution in [0.4, 0.5) is 8.78 Å². The molecule has 216 valence electrons. The van der Waals surface area contributed by atoms with Gasteiger partial charge in [0.25, 0.3) is 5.88 Å². The highest BCUT2D eigenvalue weighted by atomic mass is 32.2. The van der Waals surface area contributed by atoms with Crippen LogP contribution in [0.5, 0.6) is 28.9 Å². The normalized spacial score (nSPS) is 16.0. The molecular formula is C25H24F2N6O7S. The molecule has 2 heterocycles. The van der Waals surface area contributed by atoms with Gasteiger partial charge in [0.2, 0.25) is 11.6 Å². The Kier molecular flexibility index (Phi) is 8.18. The number of benzene rings is 2. The van der Waals surface area contributed by atoms with Crippen LogP contribution in [0.2, 0.25) is 0 Å². The second-order valence-corrected chi connectivity index (χ2v) is 11.0. The van der Waals surface area contributed by atoms with Crippen LogP contribution < -0.4 is 20.9 Å². The molecule has 0 spiro atoms. The van der Waals surface area contributed by atoms with Crippen LogP contribution in [0, 0.1) is 17.0 Å². The fourth-order valence-corrected chi connectivity index (χ4v) is 5.19. The first-order valence-electron chi connectivity index (χ1n) is 11.7. The number of hydrogen-bond donors (Lipinski definition) is 5. The van der Waals surface area contributed by atoms with E-state index in [4.69, 9.17) is 31.5 Å². The lowest BCUT2D eigenvalue weighted by atomic mass is 10.1. The van der Waals surface area contributed by atoms with Gasteiger partial charge in [-0.25, -0.2) is 17.8 Å². The maximum Gasteiger partial charge on any atom is 0.321 e. The summed E-state index contributed by atoms with van der Waals surface area (Å²) in [4.78, 5) is 20.4. The van der Waals surface area contributed by atoms with Crippen molar-refractivity contribution in [1.29, 1.82) is 5.41 Å². The molecule has 2 atom stereocenters. The van der Waals surface area contributed by atoms with Crippen LogP contribution in [0.15, 0.2) is 52.5 Å². The summed E-state index contributed by atoms with van der Waals surface area (Å²) in [6.07, 6.45) is 1.37. The smallest absolute Gasteiger partial charge is 0.321 e. The number of nitrogens with zero attached hydrogens (tertiary/aromatic N) is 3. The Hall–Kier alpha value is -4.67. The summed E-state index contributed by atoms with van der Waals surface area (Å²) in [5, 5.41) is 26.6. The summed E-state index contributed by atoms with van der Waals surface area (Å²) in [5.74, 6) is -8.03. The second kappa shape index (κ2) is 11.4. The van der Waals surface area contributed by atoms with Crippen LogP contribution >= 0.6 is 0 Å². The Balaban J connectivity index is 1.74. The average Bonchev–Trinajstić information content (AvgIpc) is 3.34. The van der Waals surface area contributed by atoms with Crippen LogP contribution in [0.25, 0.3) is 0 Å². The topological polar surface area (TPSA) is 215 Å². The first kappa shape index (κ1) is 29.3. The third-order valence-electron chi connectivity index (χ3n) is 5.96. The first-order valence-corrected chi connectivity index (χ1v) is 13.4. The van der Waals surface area contributed by atoms with E-state index in [9.17, 15) is 22.7 Å². The number of pyridine rings is 1. The third kappa shape index (κ3) is 6.24. The monoisotopic (exact) mass is 590 g/mol. The Labute approximate surface area is 232 Å². The molecule has 0 aliphatic carbocycles. The highest BCUT2D eigenvalue weighted by molar-refractivity contribution is 7.91. The molecule has 0 saturated heterocycles. The SMILES string of the molecule is CN1CC=NC1c1cc(S(=O)(=O)CC(N)C(=O)O)ccc1Oc1c(F)cnc(Oc2cc(C(=N)N)ccc2O)c1F. The zero-order chi connectivity index (χ0) is 30.1. The fraction of sp³-hybridized carbons (Fsp3) is 0.200. The molecule has 2 unspecified atom stereocenters. The number of aromatic hydroxyl groups is 1. The van der Waals surface area contributed by atoms with Crippen molar-refractivity contribution in [2.45, 2.75) is 17.1 Å². The molecule has 0 saturated carbocycles. The second-order valence-electron chi connectivity index (χ2n) is 8.93. The van der Waals surface area contributed by atoms with E-state index in [1.807, 2.05) is 0 Å². The van der Waals surface area contributed by atoms with E-state index in [-0.39, 0.29) is 33.4 Å². The average molecular weight is 591 g/mol. The van der Waals surface area contributed by atoms with Gasteiger partial charge in [-0.2, -0.15) is 4.39 Å². The third-order valence-corrected chi connectivity index (χ3v) is 7.73. The van der Waals surface area contributed by atoms with Crippen molar-refractivity contribution in [2.75, 3.05) is 19.3 Å². The number of carboxylic acid groups (broad SMARTS) is 1. The molecule has 13 nitrogen and oxygen atoms in total. The predicted molar refractivity (Wildman–Crippen MR) is 141 cm³/mol. The summed E-state index contributed by atoms with van der Waals surface area (Å²) in [6, 6.07) is 5.37. The molecule has 7 N–H and O–H groups in total. The molecule has 0 fully saturated rings. The van der Waals surface area contributed by atoms with E-state index in [2.05, 4.69) is 9.98 Å². The molecule has 0 amide bonds. The van der Waals surface area contributed by atoms with E-state index in [1.54, 1.807) is 18.2 Å². The van der Waals surface area contributed by atoms with Gasteiger partial charge >= 0.3 is 5.97 Å². The predicted octanol–water partition coefficient (Wildman–Crippen LogP) is 2.13. The summed E-state index contributed by atoms with van der Waals surface area (Å²) < 4.78 is 66.9. The quantitative estimate of drug-likeness (QED) is 0.170. The van der Waals surface area contributed by atoms with Crippen LogP contribution in [-0.2, 0) is 14.6 Å². The molecule has 2 aromatic carbocycles. The lowest BCUT2D eigenvalue weighted by Gasteiger charge is -2.22. The molecule has 4 rings (SSSR count). The zero-order valence-electron chi connectivity index (χ0n) is 21.3. The number of aromatic nitrogens is 1. The number of aliphatic imine (C=N–C) groups is 1. The van der Waals surface area contributed by atoms with E-state index in [0.717, 1.165) is 24.3 Å².